The van der Waals surface area contributed by atoms with E-state index in [-0.39, 0.29) is 11.9 Å². The molecule has 18 heavy (non-hydrogen) atoms. The average molecular weight is 314 g/mol. The Balaban J connectivity index is 2.57. The molecular formula is C14H20BrNO2. The van der Waals surface area contributed by atoms with Gasteiger partial charge in [-0.3, -0.25) is 4.79 Å². The molecule has 1 unspecified atom stereocenters. The highest BCUT2D eigenvalue weighted by Crippen LogP contribution is 2.24. The molecule has 1 atom stereocenters. The Hall–Kier alpha value is -1.03. The van der Waals surface area contributed by atoms with Crippen molar-refractivity contribution in [1.82, 2.24) is 5.32 Å². The summed E-state index contributed by atoms with van der Waals surface area (Å²) in [7, 11) is 0. The highest BCUT2D eigenvalue weighted by molar-refractivity contribution is 9.10. The van der Waals surface area contributed by atoms with Crippen LogP contribution in [0.2, 0.25) is 0 Å². The Morgan fingerprint density at radius 2 is 1.94 bits per heavy atom. The topological polar surface area (TPSA) is 38.3 Å². The maximum Gasteiger partial charge on any atom is 0.260 e. The molecule has 1 aromatic rings. The summed E-state index contributed by atoms with van der Waals surface area (Å²) in [5.41, 5.74) is 0. The van der Waals surface area contributed by atoms with Crippen molar-refractivity contribution in [3.63, 3.8) is 0 Å². The third-order valence-electron chi connectivity index (χ3n) is 2.84. The van der Waals surface area contributed by atoms with Gasteiger partial charge in [-0.25, -0.2) is 0 Å². The molecule has 0 aromatic heterocycles. The van der Waals surface area contributed by atoms with Crippen LogP contribution in [0.15, 0.2) is 28.7 Å². The lowest BCUT2D eigenvalue weighted by Crippen LogP contribution is -2.42. The first-order valence-electron chi connectivity index (χ1n) is 6.30. The van der Waals surface area contributed by atoms with E-state index in [1.165, 1.54) is 0 Å². The van der Waals surface area contributed by atoms with Gasteiger partial charge in [0.15, 0.2) is 6.10 Å². The van der Waals surface area contributed by atoms with Crippen molar-refractivity contribution in [2.24, 2.45) is 0 Å². The summed E-state index contributed by atoms with van der Waals surface area (Å²) < 4.78 is 6.49. The van der Waals surface area contributed by atoms with Crippen LogP contribution in [0.5, 0.6) is 5.75 Å². The fourth-order valence-electron chi connectivity index (χ4n) is 1.60. The van der Waals surface area contributed by atoms with Crippen molar-refractivity contribution >= 4 is 21.8 Å². The van der Waals surface area contributed by atoms with E-state index < -0.39 is 6.10 Å². The van der Waals surface area contributed by atoms with E-state index in [1.54, 1.807) is 6.92 Å². The molecule has 0 aliphatic heterocycles. The third-order valence-corrected chi connectivity index (χ3v) is 3.50. The molecule has 0 radical (unpaired) electrons. The van der Waals surface area contributed by atoms with E-state index in [0.717, 1.165) is 17.3 Å². The van der Waals surface area contributed by atoms with Crippen LogP contribution < -0.4 is 10.1 Å². The number of halogens is 1. The summed E-state index contributed by atoms with van der Waals surface area (Å²) in [6, 6.07) is 7.74. The molecule has 1 N–H and O–H groups in total. The second-order valence-corrected chi connectivity index (χ2v) is 5.07. The van der Waals surface area contributed by atoms with Gasteiger partial charge in [0.2, 0.25) is 0 Å². The van der Waals surface area contributed by atoms with Crippen molar-refractivity contribution in [2.75, 3.05) is 0 Å². The summed E-state index contributed by atoms with van der Waals surface area (Å²) in [6.07, 6.45) is 1.37. The first kappa shape index (κ1) is 15.0. The number of rotatable bonds is 6. The average Bonchev–Trinajstić information content (AvgIpc) is 2.38. The molecule has 0 heterocycles. The second kappa shape index (κ2) is 7.41. The maximum atomic E-state index is 11.9. The minimum absolute atomic E-state index is 0.0700. The lowest BCUT2D eigenvalue weighted by Gasteiger charge is -2.19. The monoisotopic (exact) mass is 313 g/mol. The maximum absolute atomic E-state index is 11.9. The van der Waals surface area contributed by atoms with Crippen molar-refractivity contribution in [3.05, 3.63) is 28.7 Å². The molecule has 0 aliphatic carbocycles. The van der Waals surface area contributed by atoms with Gasteiger partial charge >= 0.3 is 0 Å². The van der Waals surface area contributed by atoms with E-state index in [0.29, 0.717) is 5.75 Å². The number of para-hydroxylation sites is 1. The molecule has 0 aliphatic rings. The van der Waals surface area contributed by atoms with Crippen LogP contribution in [0.25, 0.3) is 0 Å². The zero-order valence-corrected chi connectivity index (χ0v) is 12.7. The van der Waals surface area contributed by atoms with Gasteiger partial charge in [-0.2, -0.15) is 0 Å². The van der Waals surface area contributed by atoms with Crippen molar-refractivity contribution in [2.45, 2.75) is 45.8 Å². The predicted molar refractivity (Wildman–Crippen MR) is 76.7 cm³/mol. The lowest BCUT2D eigenvalue weighted by atomic mass is 10.1. The number of amides is 1. The number of nitrogens with one attached hydrogen (secondary N) is 1. The molecule has 1 rings (SSSR count). The zero-order valence-electron chi connectivity index (χ0n) is 11.1. The van der Waals surface area contributed by atoms with E-state index in [1.807, 2.05) is 24.3 Å². The van der Waals surface area contributed by atoms with E-state index in [4.69, 9.17) is 4.74 Å². The second-order valence-electron chi connectivity index (χ2n) is 4.21. The lowest BCUT2D eigenvalue weighted by molar-refractivity contribution is -0.128. The van der Waals surface area contributed by atoms with Gasteiger partial charge in [-0.1, -0.05) is 26.0 Å². The summed E-state index contributed by atoms with van der Waals surface area (Å²) >= 11 is 3.40. The standard InChI is InChI=1S/C14H20BrNO2/c1-4-11(5-2)16-14(17)10(3)18-13-9-7-6-8-12(13)15/h6-11H,4-5H2,1-3H3,(H,16,17). The van der Waals surface area contributed by atoms with Gasteiger partial charge in [-0.05, 0) is 47.8 Å². The molecule has 0 saturated carbocycles. The molecule has 0 bridgehead atoms. The Morgan fingerprint density at radius 3 is 2.50 bits per heavy atom. The number of hydrogen-bond donors (Lipinski definition) is 1. The third kappa shape index (κ3) is 4.33. The summed E-state index contributed by atoms with van der Waals surface area (Å²) in [5, 5.41) is 2.98. The van der Waals surface area contributed by atoms with Crippen LogP contribution in [0.4, 0.5) is 0 Å². The van der Waals surface area contributed by atoms with Crippen LogP contribution in [-0.4, -0.2) is 18.1 Å². The zero-order chi connectivity index (χ0) is 13.5. The van der Waals surface area contributed by atoms with Crippen LogP contribution in [-0.2, 0) is 4.79 Å². The van der Waals surface area contributed by atoms with Crippen molar-refractivity contribution in [3.8, 4) is 5.75 Å². The summed E-state index contributed by atoms with van der Waals surface area (Å²) in [5.74, 6) is 0.615. The Kier molecular flexibility index (Phi) is 6.19. The number of carbonyl (C=O) groups is 1. The van der Waals surface area contributed by atoms with Crippen molar-refractivity contribution in [1.29, 1.82) is 0 Å². The van der Waals surface area contributed by atoms with Crippen LogP contribution >= 0.6 is 15.9 Å². The predicted octanol–water partition coefficient (Wildman–Crippen LogP) is 3.52. The summed E-state index contributed by atoms with van der Waals surface area (Å²) in [4.78, 5) is 11.9. The van der Waals surface area contributed by atoms with Gasteiger partial charge in [0, 0.05) is 6.04 Å². The van der Waals surface area contributed by atoms with E-state index >= 15 is 0 Å². The molecule has 0 fully saturated rings. The number of carbonyl (C=O) groups excluding carboxylic acids is 1. The van der Waals surface area contributed by atoms with Crippen LogP contribution in [0.3, 0.4) is 0 Å². The summed E-state index contributed by atoms with van der Waals surface area (Å²) in [6.45, 7) is 5.89. The Labute approximate surface area is 117 Å². The molecular weight excluding hydrogens is 294 g/mol. The molecule has 100 valence electrons. The minimum atomic E-state index is -0.496. The van der Waals surface area contributed by atoms with Gasteiger partial charge in [0.25, 0.3) is 5.91 Å². The first-order chi connectivity index (χ1) is 8.58. The SMILES string of the molecule is CCC(CC)NC(=O)C(C)Oc1ccccc1Br. The first-order valence-corrected chi connectivity index (χ1v) is 7.09. The molecule has 0 spiro atoms. The fourth-order valence-corrected chi connectivity index (χ4v) is 1.97. The Morgan fingerprint density at radius 1 is 1.33 bits per heavy atom. The molecule has 1 amide bonds. The number of hydrogen-bond acceptors (Lipinski definition) is 2. The Bertz CT molecular complexity index is 391. The molecule has 3 nitrogen and oxygen atoms in total. The largest absolute Gasteiger partial charge is 0.480 e. The van der Waals surface area contributed by atoms with E-state index in [9.17, 15) is 4.79 Å². The highest BCUT2D eigenvalue weighted by Gasteiger charge is 2.17. The highest BCUT2D eigenvalue weighted by atomic mass is 79.9. The van der Waals surface area contributed by atoms with E-state index in [2.05, 4.69) is 35.1 Å². The van der Waals surface area contributed by atoms with Crippen LogP contribution in [0, 0.1) is 0 Å². The molecule has 0 saturated heterocycles. The van der Waals surface area contributed by atoms with Gasteiger partial charge in [-0.15, -0.1) is 0 Å². The number of ether oxygens (including phenoxy) is 1. The normalized spacial score (nSPS) is 12.3. The number of benzene rings is 1. The van der Waals surface area contributed by atoms with Gasteiger partial charge in [0.1, 0.15) is 5.75 Å². The quantitative estimate of drug-likeness (QED) is 0.872. The van der Waals surface area contributed by atoms with Crippen molar-refractivity contribution < 1.29 is 9.53 Å². The minimum Gasteiger partial charge on any atom is -0.480 e. The smallest absolute Gasteiger partial charge is 0.260 e. The molecule has 1 aromatic carbocycles. The van der Waals surface area contributed by atoms with Gasteiger partial charge < -0.3 is 10.1 Å². The van der Waals surface area contributed by atoms with Crippen LogP contribution in [0.1, 0.15) is 33.6 Å². The van der Waals surface area contributed by atoms with Gasteiger partial charge in [0.05, 0.1) is 4.47 Å². The molecule has 4 heteroatoms. The fraction of sp³-hybridized carbons (Fsp3) is 0.500.